The molecule has 0 atom stereocenters. The van der Waals surface area contributed by atoms with Crippen molar-refractivity contribution in [3.63, 3.8) is 0 Å². The molecule has 0 aliphatic rings. The average Bonchev–Trinajstić information content (AvgIpc) is 1.96. The van der Waals surface area contributed by atoms with E-state index < -0.39 is 0 Å². The quantitative estimate of drug-likeness (QED) is 0.705. The van der Waals surface area contributed by atoms with E-state index in [1.165, 1.54) is 0 Å². The second-order valence-electron chi connectivity index (χ2n) is 2.42. The highest BCUT2D eigenvalue weighted by atomic mass is 79.9. The molecule has 0 fully saturated rings. The molecule has 0 aliphatic heterocycles. The molecule has 0 amide bonds. The van der Waals surface area contributed by atoms with Gasteiger partial charge in [0.25, 0.3) is 0 Å². The molecule has 1 aromatic rings. The zero-order valence-electron chi connectivity index (χ0n) is 6.39. The first-order valence-corrected chi connectivity index (χ1v) is 4.27. The minimum Gasteiger partial charge on any atom is -0.397 e. The van der Waals surface area contributed by atoms with Crippen LogP contribution in [0.5, 0.6) is 0 Å². The number of benzene rings is 1. The van der Waals surface area contributed by atoms with E-state index in [2.05, 4.69) is 22.9 Å². The lowest BCUT2D eigenvalue weighted by molar-refractivity contribution is 1.14. The summed E-state index contributed by atoms with van der Waals surface area (Å²) in [5.41, 5.74) is 13.8. The SMILES string of the molecule is CCc1cc(Br)cc(N)c1N. The maximum absolute atomic E-state index is 5.72. The van der Waals surface area contributed by atoms with E-state index in [0.29, 0.717) is 11.4 Å². The van der Waals surface area contributed by atoms with Crippen LogP contribution in [0.15, 0.2) is 16.6 Å². The first kappa shape index (κ1) is 8.40. The largest absolute Gasteiger partial charge is 0.397 e. The molecular weight excluding hydrogens is 204 g/mol. The van der Waals surface area contributed by atoms with E-state index in [0.717, 1.165) is 16.5 Å². The first-order valence-electron chi connectivity index (χ1n) is 3.48. The van der Waals surface area contributed by atoms with Crippen LogP contribution in [-0.4, -0.2) is 0 Å². The molecule has 2 nitrogen and oxygen atoms in total. The normalized spacial score (nSPS) is 10.0. The number of hydrogen-bond acceptors (Lipinski definition) is 2. The highest BCUT2D eigenvalue weighted by Gasteiger charge is 2.01. The number of hydrogen-bond donors (Lipinski definition) is 2. The Bertz CT molecular complexity index is 271. The van der Waals surface area contributed by atoms with Crippen molar-refractivity contribution in [1.29, 1.82) is 0 Å². The fourth-order valence-electron chi connectivity index (χ4n) is 0.990. The lowest BCUT2D eigenvalue weighted by Gasteiger charge is -2.06. The molecule has 1 rings (SSSR count). The van der Waals surface area contributed by atoms with Gasteiger partial charge in [-0.15, -0.1) is 0 Å². The van der Waals surface area contributed by atoms with Crippen LogP contribution in [0.4, 0.5) is 11.4 Å². The van der Waals surface area contributed by atoms with Crippen LogP contribution in [0.25, 0.3) is 0 Å². The zero-order valence-corrected chi connectivity index (χ0v) is 7.98. The summed E-state index contributed by atoms with van der Waals surface area (Å²) in [5, 5.41) is 0. The molecule has 0 aliphatic carbocycles. The van der Waals surface area contributed by atoms with Crippen LogP contribution in [0.2, 0.25) is 0 Å². The van der Waals surface area contributed by atoms with Crippen LogP contribution >= 0.6 is 15.9 Å². The number of anilines is 2. The second-order valence-corrected chi connectivity index (χ2v) is 3.34. The van der Waals surface area contributed by atoms with Gasteiger partial charge in [0.2, 0.25) is 0 Å². The number of nitrogen functional groups attached to an aromatic ring is 2. The van der Waals surface area contributed by atoms with Crippen LogP contribution in [0.1, 0.15) is 12.5 Å². The lowest BCUT2D eigenvalue weighted by atomic mass is 10.1. The monoisotopic (exact) mass is 214 g/mol. The fourth-order valence-corrected chi connectivity index (χ4v) is 1.51. The molecule has 3 heteroatoms. The van der Waals surface area contributed by atoms with Crippen LogP contribution in [0.3, 0.4) is 0 Å². The summed E-state index contributed by atoms with van der Waals surface area (Å²) in [6.07, 6.45) is 0.912. The van der Waals surface area contributed by atoms with E-state index >= 15 is 0 Å². The fraction of sp³-hybridized carbons (Fsp3) is 0.250. The molecule has 11 heavy (non-hydrogen) atoms. The average molecular weight is 215 g/mol. The maximum atomic E-state index is 5.72. The summed E-state index contributed by atoms with van der Waals surface area (Å²) in [4.78, 5) is 0. The van der Waals surface area contributed by atoms with Gasteiger partial charge in [0.1, 0.15) is 0 Å². The minimum absolute atomic E-state index is 0.649. The predicted octanol–water partition coefficient (Wildman–Crippen LogP) is 2.18. The van der Waals surface area contributed by atoms with Gasteiger partial charge in [-0.05, 0) is 24.1 Å². The topological polar surface area (TPSA) is 52.0 Å². The molecule has 4 N–H and O–H groups in total. The zero-order chi connectivity index (χ0) is 8.43. The Morgan fingerprint density at radius 2 is 2.00 bits per heavy atom. The molecule has 0 radical (unpaired) electrons. The van der Waals surface area contributed by atoms with Gasteiger partial charge in [0.05, 0.1) is 11.4 Å². The van der Waals surface area contributed by atoms with E-state index in [4.69, 9.17) is 11.5 Å². The van der Waals surface area contributed by atoms with E-state index in [1.54, 1.807) is 0 Å². The summed E-state index contributed by atoms with van der Waals surface area (Å²) in [5.74, 6) is 0. The Balaban J connectivity index is 3.24. The van der Waals surface area contributed by atoms with Gasteiger partial charge in [-0.25, -0.2) is 0 Å². The number of aryl methyl sites for hydroxylation is 1. The van der Waals surface area contributed by atoms with Crippen molar-refractivity contribution in [3.05, 3.63) is 22.2 Å². The molecule has 0 heterocycles. The van der Waals surface area contributed by atoms with Crippen molar-refractivity contribution >= 4 is 27.3 Å². The predicted molar refractivity (Wildman–Crippen MR) is 52.3 cm³/mol. The molecule has 0 saturated heterocycles. The first-order chi connectivity index (χ1) is 5.15. The van der Waals surface area contributed by atoms with Crippen molar-refractivity contribution in [2.24, 2.45) is 0 Å². The van der Waals surface area contributed by atoms with E-state index in [-0.39, 0.29) is 0 Å². The Kier molecular flexibility index (Phi) is 2.39. The van der Waals surface area contributed by atoms with Crippen molar-refractivity contribution in [2.75, 3.05) is 11.5 Å². The number of halogens is 1. The molecule has 0 aromatic heterocycles. The van der Waals surface area contributed by atoms with Crippen LogP contribution in [-0.2, 0) is 6.42 Å². The third-order valence-electron chi connectivity index (χ3n) is 1.64. The van der Waals surface area contributed by atoms with E-state index in [9.17, 15) is 0 Å². The summed E-state index contributed by atoms with van der Waals surface area (Å²) in [6, 6.07) is 3.81. The second kappa shape index (κ2) is 3.13. The molecule has 0 saturated carbocycles. The number of nitrogens with two attached hydrogens (primary N) is 2. The van der Waals surface area contributed by atoms with Gasteiger partial charge in [-0.3, -0.25) is 0 Å². The van der Waals surface area contributed by atoms with Gasteiger partial charge < -0.3 is 11.5 Å². The lowest BCUT2D eigenvalue weighted by Crippen LogP contribution is -1.98. The molecule has 0 spiro atoms. The van der Waals surface area contributed by atoms with Gasteiger partial charge >= 0.3 is 0 Å². The van der Waals surface area contributed by atoms with Gasteiger partial charge in [0.15, 0.2) is 0 Å². The van der Waals surface area contributed by atoms with Gasteiger partial charge in [0, 0.05) is 4.47 Å². The van der Waals surface area contributed by atoms with Gasteiger partial charge in [-0.2, -0.15) is 0 Å². The van der Waals surface area contributed by atoms with Crippen molar-refractivity contribution in [3.8, 4) is 0 Å². The molecule has 60 valence electrons. The Hall–Kier alpha value is -0.700. The summed E-state index contributed by atoms with van der Waals surface area (Å²) < 4.78 is 0.987. The van der Waals surface area contributed by atoms with Crippen LogP contribution < -0.4 is 11.5 Å². The third kappa shape index (κ3) is 1.66. The minimum atomic E-state index is 0.649. The number of rotatable bonds is 1. The van der Waals surface area contributed by atoms with Crippen molar-refractivity contribution < 1.29 is 0 Å². The smallest absolute Gasteiger partial charge is 0.0581 e. The van der Waals surface area contributed by atoms with Crippen LogP contribution in [0, 0.1) is 0 Å². The maximum Gasteiger partial charge on any atom is 0.0581 e. The summed E-state index contributed by atoms with van der Waals surface area (Å²) in [6.45, 7) is 2.05. The van der Waals surface area contributed by atoms with Gasteiger partial charge in [-0.1, -0.05) is 22.9 Å². The highest BCUT2D eigenvalue weighted by Crippen LogP contribution is 2.25. The summed E-state index contributed by atoms with van der Waals surface area (Å²) >= 11 is 3.35. The molecule has 0 unspecified atom stereocenters. The van der Waals surface area contributed by atoms with E-state index in [1.807, 2.05) is 12.1 Å². The molecule has 0 bridgehead atoms. The summed E-state index contributed by atoms with van der Waals surface area (Å²) in [7, 11) is 0. The third-order valence-corrected chi connectivity index (χ3v) is 2.10. The highest BCUT2D eigenvalue weighted by molar-refractivity contribution is 9.10. The Morgan fingerprint density at radius 3 is 2.55 bits per heavy atom. The Morgan fingerprint density at radius 1 is 1.36 bits per heavy atom. The Labute approximate surface area is 74.7 Å². The standard InChI is InChI=1S/C8H11BrN2/c1-2-5-3-6(9)4-7(10)8(5)11/h3-4H,2,10-11H2,1H3. The molecular formula is C8H11BrN2. The van der Waals surface area contributed by atoms with Crippen molar-refractivity contribution in [1.82, 2.24) is 0 Å². The van der Waals surface area contributed by atoms with Crippen molar-refractivity contribution in [2.45, 2.75) is 13.3 Å². The molecule has 1 aromatic carbocycles.